The highest BCUT2D eigenvalue weighted by Gasteiger charge is 2.15. The second-order valence-corrected chi connectivity index (χ2v) is 5.63. The molecule has 6 heteroatoms. The normalized spacial score (nSPS) is 15.7. The Hall–Kier alpha value is -1.33. The molecule has 0 spiro atoms. The van der Waals surface area contributed by atoms with Gasteiger partial charge in [0, 0.05) is 44.3 Å². The smallest absolute Gasteiger partial charge is 0.193 e. The zero-order chi connectivity index (χ0) is 15.2. The molecule has 0 unspecified atom stereocenters. The van der Waals surface area contributed by atoms with Gasteiger partial charge in [0.1, 0.15) is 5.82 Å². The SMILES string of the molecule is CN=C(NCCN1CCC1)N(C)Cc1c(F)cccc1Cl. The lowest BCUT2D eigenvalue weighted by Crippen LogP contribution is -2.45. The molecule has 1 fully saturated rings. The van der Waals surface area contributed by atoms with Gasteiger partial charge in [-0.3, -0.25) is 4.99 Å². The van der Waals surface area contributed by atoms with E-state index in [4.69, 9.17) is 11.6 Å². The first-order valence-corrected chi connectivity index (χ1v) is 7.56. The summed E-state index contributed by atoms with van der Waals surface area (Å²) in [5.41, 5.74) is 0.493. The van der Waals surface area contributed by atoms with Crippen LogP contribution in [0.15, 0.2) is 23.2 Å². The molecule has 1 aromatic carbocycles. The summed E-state index contributed by atoms with van der Waals surface area (Å²) in [5, 5.41) is 3.74. The average molecular weight is 313 g/mol. The van der Waals surface area contributed by atoms with E-state index in [-0.39, 0.29) is 5.82 Å². The fourth-order valence-electron chi connectivity index (χ4n) is 2.31. The predicted molar refractivity (Wildman–Crippen MR) is 85.3 cm³/mol. The molecule has 0 aromatic heterocycles. The molecule has 1 heterocycles. The van der Waals surface area contributed by atoms with Gasteiger partial charge in [0.2, 0.25) is 0 Å². The van der Waals surface area contributed by atoms with Crippen molar-refractivity contribution in [1.82, 2.24) is 15.1 Å². The Balaban J connectivity index is 1.88. The predicted octanol–water partition coefficient (Wildman–Crippen LogP) is 2.19. The van der Waals surface area contributed by atoms with Gasteiger partial charge in [-0.2, -0.15) is 0 Å². The van der Waals surface area contributed by atoms with Crippen LogP contribution < -0.4 is 5.32 Å². The van der Waals surface area contributed by atoms with E-state index < -0.39 is 0 Å². The zero-order valence-electron chi connectivity index (χ0n) is 12.6. The van der Waals surface area contributed by atoms with Crippen LogP contribution in [0, 0.1) is 5.82 Å². The molecule has 4 nitrogen and oxygen atoms in total. The maximum Gasteiger partial charge on any atom is 0.193 e. The zero-order valence-corrected chi connectivity index (χ0v) is 13.3. The minimum absolute atomic E-state index is 0.287. The Kier molecular flexibility index (Phi) is 5.82. The molecule has 1 saturated heterocycles. The van der Waals surface area contributed by atoms with E-state index in [2.05, 4.69) is 15.2 Å². The van der Waals surface area contributed by atoms with E-state index in [1.807, 2.05) is 11.9 Å². The molecular formula is C15H22ClFN4. The van der Waals surface area contributed by atoms with Crippen molar-refractivity contribution >= 4 is 17.6 Å². The van der Waals surface area contributed by atoms with Crippen LogP contribution in [0.4, 0.5) is 4.39 Å². The summed E-state index contributed by atoms with van der Waals surface area (Å²) in [6, 6.07) is 4.74. The van der Waals surface area contributed by atoms with Gasteiger partial charge >= 0.3 is 0 Å². The summed E-state index contributed by atoms with van der Waals surface area (Å²) in [6.07, 6.45) is 1.29. The highest BCUT2D eigenvalue weighted by molar-refractivity contribution is 6.31. The van der Waals surface area contributed by atoms with Crippen molar-refractivity contribution < 1.29 is 4.39 Å². The maximum absolute atomic E-state index is 13.8. The molecule has 0 bridgehead atoms. The molecule has 0 amide bonds. The highest BCUT2D eigenvalue weighted by Crippen LogP contribution is 2.20. The van der Waals surface area contributed by atoms with Crippen molar-refractivity contribution in [3.63, 3.8) is 0 Å². The van der Waals surface area contributed by atoms with Gasteiger partial charge in [0.15, 0.2) is 5.96 Å². The molecule has 0 saturated carbocycles. The summed E-state index contributed by atoms with van der Waals surface area (Å²) < 4.78 is 13.8. The van der Waals surface area contributed by atoms with Crippen molar-refractivity contribution in [2.24, 2.45) is 4.99 Å². The third kappa shape index (κ3) is 4.32. The molecule has 1 aliphatic rings. The molecule has 2 rings (SSSR count). The Bertz CT molecular complexity index is 482. The summed E-state index contributed by atoms with van der Waals surface area (Å²) in [7, 11) is 3.60. The number of rotatable bonds is 5. The van der Waals surface area contributed by atoms with Gasteiger partial charge in [0.05, 0.1) is 0 Å². The number of guanidine groups is 1. The Labute approximate surface area is 130 Å². The largest absolute Gasteiger partial charge is 0.355 e. The first kappa shape index (κ1) is 16.0. The number of hydrogen-bond acceptors (Lipinski definition) is 2. The van der Waals surface area contributed by atoms with Crippen LogP contribution in [0.5, 0.6) is 0 Å². The van der Waals surface area contributed by atoms with Crippen LogP contribution in [0.25, 0.3) is 0 Å². The van der Waals surface area contributed by atoms with Crippen molar-refractivity contribution in [1.29, 1.82) is 0 Å². The van der Waals surface area contributed by atoms with Crippen molar-refractivity contribution in [2.75, 3.05) is 40.3 Å². The van der Waals surface area contributed by atoms with E-state index in [1.165, 1.54) is 25.6 Å². The van der Waals surface area contributed by atoms with Gasteiger partial charge in [0.25, 0.3) is 0 Å². The molecule has 116 valence electrons. The lowest BCUT2D eigenvalue weighted by molar-refractivity contribution is 0.184. The second-order valence-electron chi connectivity index (χ2n) is 5.23. The van der Waals surface area contributed by atoms with Gasteiger partial charge in [-0.1, -0.05) is 17.7 Å². The maximum atomic E-state index is 13.8. The number of nitrogens with one attached hydrogen (secondary N) is 1. The molecule has 1 aromatic rings. The van der Waals surface area contributed by atoms with Crippen molar-refractivity contribution in [2.45, 2.75) is 13.0 Å². The Morgan fingerprint density at radius 2 is 2.24 bits per heavy atom. The quantitative estimate of drug-likeness (QED) is 0.668. The van der Waals surface area contributed by atoms with E-state index >= 15 is 0 Å². The van der Waals surface area contributed by atoms with Crippen LogP contribution in [0.3, 0.4) is 0 Å². The summed E-state index contributed by atoms with van der Waals surface area (Å²) >= 11 is 6.06. The molecule has 21 heavy (non-hydrogen) atoms. The van der Waals surface area contributed by atoms with E-state index in [0.29, 0.717) is 17.1 Å². The number of nitrogens with zero attached hydrogens (tertiary/aromatic N) is 3. The average Bonchev–Trinajstić information content (AvgIpc) is 2.41. The van der Waals surface area contributed by atoms with Crippen LogP contribution >= 0.6 is 11.6 Å². The monoisotopic (exact) mass is 312 g/mol. The summed E-state index contributed by atoms with van der Waals surface area (Å²) in [4.78, 5) is 8.49. The Morgan fingerprint density at radius 1 is 1.48 bits per heavy atom. The number of benzene rings is 1. The third-order valence-electron chi connectivity index (χ3n) is 3.69. The van der Waals surface area contributed by atoms with Crippen LogP contribution in [-0.4, -0.2) is 56.0 Å². The van der Waals surface area contributed by atoms with Gasteiger partial charge in [-0.15, -0.1) is 0 Å². The number of hydrogen-bond donors (Lipinski definition) is 1. The summed E-state index contributed by atoms with van der Waals surface area (Å²) in [6.45, 7) is 4.59. The minimum Gasteiger partial charge on any atom is -0.355 e. The third-order valence-corrected chi connectivity index (χ3v) is 4.04. The van der Waals surface area contributed by atoms with Crippen LogP contribution in [0.2, 0.25) is 5.02 Å². The molecule has 1 N–H and O–H groups in total. The van der Waals surface area contributed by atoms with Crippen LogP contribution in [0.1, 0.15) is 12.0 Å². The lowest BCUT2D eigenvalue weighted by atomic mass is 10.2. The van der Waals surface area contributed by atoms with Crippen molar-refractivity contribution in [3.8, 4) is 0 Å². The molecule has 0 radical (unpaired) electrons. The fraction of sp³-hybridized carbons (Fsp3) is 0.533. The first-order chi connectivity index (χ1) is 10.1. The topological polar surface area (TPSA) is 30.9 Å². The number of halogens is 2. The van der Waals surface area contributed by atoms with E-state index in [0.717, 1.165) is 19.0 Å². The number of aliphatic imine (C=N–C) groups is 1. The fourth-order valence-corrected chi connectivity index (χ4v) is 2.53. The van der Waals surface area contributed by atoms with Crippen LogP contribution in [-0.2, 0) is 6.54 Å². The molecule has 0 atom stereocenters. The highest BCUT2D eigenvalue weighted by atomic mass is 35.5. The van der Waals surface area contributed by atoms with Crippen molar-refractivity contribution in [3.05, 3.63) is 34.6 Å². The molecule has 1 aliphatic heterocycles. The molecular weight excluding hydrogens is 291 g/mol. The van der Waals surface area contributed by atoms with Gasteiger partial charge < -0.3 is 15.1 Å². The first-order valence-electron chi connectivity index (χ1n) is 7.19. The lowest BCUT2D eigenvalue weighted by Gasteiger charge is -2.31. The van der Waals surface area contributed by atoms with Gasteiger partial charge in [-0.05, 0) is 31.6 Å². The molecule has 0 aliphatic carbocycles. The van der Waals surface area contributed by atoms with E-state index in [9.17, 15) is 4.39 Å². The number of likely N-dealkylation sites (tertiary alicyclic amines) is 1. The summed E-state index contributed by atoms with van der Waals surface area (Å²) in [5.74, 6) is 0.459. The van der Waals surface area contributed by atoms with E-state index in [1.54, 1.807) is 19.2 Å². The standard InChI is InChI=1S/C15H22ClFN4/c1-18-15(19-7-10-21-8-4-9-21)20(2)11-12-13(16)5-3-6-14(12)17/h3,5-6H,4,7-11H2,1-2H3,(H,18,19). The second kappa shape index (κ2) is 7.61. The minimum atomic E-state index is -0.287. The Morgan fingerprint density at radius 3 is 2.81 bits per heavy atom. The van der Waals surface area contributed by atoms with Gasteiger partial charge in [-0.25, -0.2) is 4.39 Å².